The lowest BCUT2D eigenvalue weighted by Crippen LogP contribution is -2.52. The number of rotatable bonds is 30. The van der Waals surface area contributed by atoms with Crippen molar-refractivity contribution in [3.05, 3.63) is 36.6 Å². The van der Waals surface area contributed by atoms with Gasteiger partial charge in [0.05, 0.1) is 13.2 Å². The molecule has 0 aromatic rings. The monoisotopic (exact) mass is 796 g/mol. The summed E-state index contributed by atoms with van der Waals surface area (Å²) < 4.78 is 35.4. The molecule has 0 fully saturated rings. The number of ether oxygens (including phenoxy) is 4. The first-order valence-electron chi connectivity index (χ1n) is 19.1. The molecular formula is C37H64N2O11Si3. The molecule has 0 aliphatic carbocycles. The number of amides is 3. The first-order chi connectivity index (χ1) is 25.0. The molecule has 2 rings (SSSR count). The van der Waals surface area contributed by atoms with E-state index in [4.69, 9.17) is 27.2 Å². The van der Waals surface area contributed by atoms with E-state index in [1.807, 2.05) is 0 Å². The van der Waals surface area contributed by atoms with E-state index in [0.29, 0.717) is 65.2 Å². The van der Waals surface area contributed by atoms with Crippen LogP contribution in [0.4, 0.5) is 0 Å². The van der Waals surface area contributed by atoms with Crippen LogP contribution in [0, 0.1) is 0 Å². The lowest BCUT2D eigenvalue weighted by Gasteiger charge is -2.38. The van der Waals surface area contributed by atoms with Gasteiger partial charge in [-0.15, -0.1) is 0 Å². The highest BCUT2D eigenvalue weighted by Crippen LogP contribution is 2.26. The molecule has 0 saturated carbocycles. The Morgan fingerprint density at radius 1 is 0.547 bits per heavy atom. The van der Waals surface area contributed by atoms with E-state index in [9.17, 15) is 24.0 Å². The van der Waals surface area contributed by atoms with Gasteiger partial charge in [0.25, 0.3) is 17.7 Å². The molecule has 13 nitrogen and oxygen atoms in total. The molecule has 300 valence electrons. The minimum absolute atomic E-state index is 0.0322. The summed E-state index contributed by atoms with van der Waals surface area (Å²) in [5.41, 5.74) is 0.718. The van der Waals surface area contributed by atoms with E-state index in [0.717, 1.165) is 56.3 Å². The van der Waals surface area contributed by atoms with Crippen molar-refractivity contribution >= 4 is 54.9 Å². The summed E-state index contributed by atoms with van der Waals surface area (Å²) in [7, 11) is -6.32. The number of unbranched alkanes of at least 4 members (excludes halogenated alkanes) is 4. The molecule has 0 radical (unpaired) electrons. The molecule has 0 N–H and O–H groups in total. The highest BCUT2D eigenvalue weighted by molar-refractivity contribution is 6.87. The van der Waals surface area contributed by atoms with Gasteiger partial charge in [0.1, 0.15) is 13.2 Å². The first kappa shape index (κ1) is 46.4. The van der Waals surface area contributed by atoms with Gasteiger partial charge in [-0.1, -0.05) is 19.4 Å². The van der Waals surface area contributed by atoms with Gasteiger partial charge >= 0.3 is 20.5 Å². The molecular weight excluding hydrogens is 733 g/mol. The van der Waals surface area contributed by atoms with Gasteiger partial charge in [-0.05, 0) is 96.0 Å². The summed E-state index contributed by atoms with van der Waals surface area (Å²) in [6.45, 7) is 20.3. The number of carbonyl (C=O) groups is 5. The van der Waals surface area contributed by atoms with Crippen LogP contribution in [-0.4, -0.2) is 117 Å². The van der Waals surface area contributed by atoms with Gasteiger partial charge in [0.2, 0.25) is 0 Å². The average Bonchev–Trinajstić information content (AvgIpc) is 3.56. The smallest absolute Gasteiger partial charge is 0.311 e. The van der Waals surface area contributed by atoms with Crippen molar-refractivity contribution in [2.24, 2.45) is 0 Å². The van der Waals surface area contributed by atoms with Gasteiger partial charge in [-0.2, -0.15) is 0 Å². The lowest BCUT2D eigenvalue weighted by atomic mass is 10.2. The number of hydrogen-bond donors (Lipinski definition) is 0. The zero-order valence-electron chi connectivity index (χ0n) is 33.0. The van der Waals surface area contributed by atoms with Crippen LogP contribution < -0.4 is 0 Å². The Morgan fingerprint density at radius 2 is 0.962 bits per heavy atom. The SMILES string of the molecule is C=C1C=CC(=O)N1CCCCCC(=O)OCCOCCC[Si](C)(C)O[Si](C)(C)O[Si](C)(C)CCCOCCOC(=O)CCCCCN1C(=O)C=CC1=O. The Kier molecular flexibility index (Phi) is 20.9. The predicted octanol–water partition coefficient (Wildman–Crippen LogP) is 5.99. The molecule has 0 aromatic heterocycles. The van der Waals surface area contributed by atoms with Crippen molar-refractivity contribution in [2.45, 2.75) is 116 Å². The van der Waals surface area contributed by atoms with Crippen LogP contribution in [0.2, 0.25) is 51.4 Å². The molecule has 3 amide bonds. The maximum absolute atomic E-state index is 12.0. The van der Waals surface area contributed by atoms with Crippen molar-refractivity contribution in [1.29, 1.82) is 0 Å². The summed E-state index contributed by atoms with van der Waals surface area (Å²) in [5, 5.41) is 0. The van der Waals surface area contributed by atoms with E-state index >= 15 is 0 Å². The molecule has 2 heterocycles. The van der Waals surface area contributed by atoms with E-state index < -0.39 is 25.2 Å². The van der Waals surface area contributed by atoms with E-state index in [1.54, 1.807) is 11.0 Å². The second-order valence-corrected chi connectivity index (χ2v) is 27.6. The summed E-state index contributed by atoms with van der Waals surface area (Å²) in [6.07, 6.45) is 12.6. The number of esters is 2. The van der Waals surface area contributed by atoms with E-state index in [-0.39, 0.29) is 42.9 Å². The standard InChI is InChI=1S/C37H64N2O11Si3/c1-32-18-19-33(40)38(32)22-12-8-10-16-36(43)47-28-26-45-24-14-30-51(2,3)49-53(6,7)50-52(4,5)31-15-25-46-27-29-48-37(44)17-11-9-13-23-39-34(41)20-21-35(39)42/h18-21H,1,8-17,22-31H2,2-7H3. The highest BCUT2D eigenvalue weighted by atomic mass is 28.5. The van der Waals surface area contributed by atoms with Gasteiger partial charge in [-0.3, -0.25) is 28.9 Å². The Balaban J connectivity index is 1.44. The second-order valence-electron chi connectivity index (χ2n) is 15.1. The third-order valence-electron chi connectivity index (χ3n) is 8.62. The molecule has 0 aromatic carbocycles. The number of carbonyl (C=O) groups excluding carboxylic acids is 5. The van der Waals surface area contributed by atoms with Crippen LogP contribution in [0.5, 0.6) is 0 Å². The fourth-order valence-corrected chi connectivity index (χ4v) is 20.3. The number of hydrogen-bond acceptors (Lipinski definition) is 11. The van der Waals surface area contributed by atoms with Gasteiger partial charge in [-0.25, -0.2) is 0 Å². The Labute approximate surface area is 319 Å². The minimum atomic E-state index is -2.35. The summed E-state index contributed by atoms with van der Waals surface area (Å²) >= 11 is 0. The van der Waals surface area contributed by atoms with Gasteiger partial charge in [0.15, 0.2) is 16.6 Å². The maximum atomic E-state index is 12.0. The van der Waals surface area contributed by atoms with Crippen molar-refractivity contribution in [1.82, 2.24) is 9.80 Å². The second kappa shape index (κ2) is 23.9. The fraction of sp³-hybridized carbons (Fsp3) is 0.703. The number of nitrogens with zero attached hydrogens (tertiary/aromatic N) is 2. The number of imide groups is 1. The van der Waals surface area contributed by atoms with Crippen LogP contribution in [0.1, 0.15) is 64.2 Å². The largest absolute Gasteiger partial charge is 0.463 e. The summed E-state index contributed by atoms with van der Waals surface area (Å²) in [6, 6.07) is 1.88. The van der Waals surface area contributed by atoms with Gasteiger partial charge < -0.3 is 32.1 Å². The van der Waals surface area contributed by atoms with Crippen LogP contribution in [0.15, 0.2) is 36.6 Å². The predicted molar refractivity (Wildman–Crippen MR) is 210 cm³/mol. The molecule has 53 heavy (non-hydrogen) atoms. The topological polar surface area (TPSA) is 147 Å². The third-order valence-corrected chi connectivity index (χ3v) is 20.1. The Morgan fingerprint density at radius 3 is 1.40 bits per heavy atom. The third kappa shape index (κ3) is 20.5. The fourth-order valence-electron chi connectivity index (χ4n) is 6.26. The van der Waals surface area contributed by atoms with Crippen LogP contribution in [-0.2, 0) is 51.2 Å². The molecule has 0 saturated heterocycles. The number of allylic oxidation sites excluding steroid dienone is 1. The molecule has 2 aliphatic heterocycles. The quantitative estimate of drug-likeness (QED) is 0.0366. The summed E-state index contributed by atoms with van der Waals surface area (Å²) in [5.74, 6) is -1.09. The molecule has 0 unspecified atom stereocenters. The highest BCUT2D eigenvalue weighted by Gasteiger charge is 2.39. The van der Waals surface area contributed by atoms with E-state index in [2.05, 4.69) is 45.9 Å². The Hall–Kier alpha value is -2.74. The maximum Gasteiger partial charge on any atom is 0.311 e. The van der Waals surface area contributed by atoms with Crippen molar-refractivity contribution in [2.75, 3.05) is 52.7 Å². The molecule has 2 aliphatic rings. The molecule has 0 atom stereocenters. The zero-order chi connectivity index (χ0) is 39.3. The van der Waals surface area contributed by atoms with Crippen LogP contribution >= 0.6 is 0 Å². The Bertz CT molecular complexity index is 1160. The summed E-state index contributed by atoms with van der Waals surface area (Å²) in [4.78, 5) is 61.6. The molecule has 0 spiro atoms. The van der Waals surface area contributed by atoms with Crippen LogP contribution in [0.25, 0.3) is 0 Å². The first-order valence-corrected chi connectivity index (χ1v) is 28.1. The zero-order valence-corrected chi connectivity index (χ0v) is 36.0. The minimum Gasteiger partial charge on any atom is -0.463 e. The normalized spacial score (nSPS) is 15.0. The average molecular weight is 797 g/mol. The van der Waals surface area contributed by atoms with Crippen LogP contribution in [0.3, 0.4) is 0 Å². The van der Waals surface area contributed by atoms with Crippen molar-refractivity contribution in [3.63, 3.8) is 0 Å². The van der Waals surface area contributed by atoms with E-state index in [1.165, 1.54) is 23.1 Å². The molecule has 0 bridgehead atoms. The molecule has 16 heteroatoms. The van der Waals surface area contributed by atoms with Gasteiger partial charge in [0, 0.05) is 63.1 Å². The lowest BCUT2D eigenvalue weighted by molar-refractivity contribution is -0.146. The van der Waals surface area contributed by atoms with Crippen molar-refractivity contribution < 1.29 is 51.2 Å². The van der Waals surface area contributed by atoms with Crippen molar-refractivity contribution in [3.8, 4) is 0 Å².